The number of benzene rings is 1. The van der Waals surface area contributed by atoms with Gasteiger partial charge >= 0.3 is 0 Å². The summed E-state index contributed by atoms with van der Waals surface area (Å²) in [6.07, 6.45) is 0. The number of ketones is 1. The first-order valence-electron chi connectivity index (χ1n) is 3.57. The average molecular weight is 164 g/mol. The molecule has 1 aromatic rings. The quantitative estimate of drug-likeness (QED) is 0.485. The van der Waals surface area contributed by atoms with Gasteiger partial charge in [-0.15, -0.1) is 0 Å². The van der Waals surface area contributed by atoms with E-state index in [-0.39, 0.29) is 11.3 Å². The zero-order valence-corrected chi connectivity index (χ0v) is 6.80. The Kier molecular flexibility index (Phi) is 2.38. The van der Waals surface area contributed by atoms with Crippen LogP contribution in [0.1, 0.15) is 17.3 Å². The van der Waals surface area contributed by atoms with E-state index >= 15 is 0 Å². The van der Waals surface area contributed by atoms with Crippen LogP contribution >= 0.6 is 0 Å². The second-order valence-corrected chi connectivity index (χ2v) is 2.59. The largest absolute Gasteiger partial charge is 0.289 e. The second-order valence-electron chi connectivity index (χ2n) is 2.59. The van der Waals surface area contributed by atoms with Crippen LogP contribution in [0.4, 0.5) is 4.39 Å². The Morgan fingerprint density at radius 1 is 1.42 bits per heavy atom. The second kappa shape index (κ2) is 3.30. The minimum absolute atomic E-state index is 0.0880. The number of rotatable bonds is 2. The maximum Gasteiger partial charge on any atom is 0.191 e. The van der Waals surface area contributed by atoms with E-state index in [0.29, 0.717) is 5.57 Å². The van der Waals surface area contributed by atoms with Gasteiger partial charge in [-0.05, 0) is 24.6 Å². The molecule has 0 N–H and O–H groups in total. The highest BCUT2D eigenvalue weighted by molar-refractivity contribution is 6.07. The van der Waals surface area contributed by atoms with E-state index in [0.717, 1.165) is 0 Å². The molecule has 12 heavy (non-hydrogen) atoms. The van der Waals surface area contributed by atoms with E-state index in [4.69, 9.17) is 0 Å². The Hall–Kier alpha value is -1.44. The fourth-order valence-corrected chi connectivity index (χ4v) is 0.875. The fraction of sp³-hybridized carbons (Fsp3) is 0.100. The average Bonchev–Trinajstić information content (AvgIpc) is 2.04. The summed E-state index contributed by atoms with van der Waals surface area (Å²) in [7, 11) is 0. The molecule has 0 aliphatic heterocycles. The third-order valence-corrected chi connectivity index (χ3v) is 1.51. The van der Waals surface area contributed by atoms with Crippen LogP contribution in [0.2, 0.25) is 0 Å². The van der Waals surface area contributed by atoms with Gasteiger partial charge < -0.3 is 0 Å². The third-order valence-electron chi connectivity index (χ3n) is 1.51. The number of hydrogen-bond donors (Lipinski definition) is 0. The van der Waals surface area contributed by atoms with Crippen LogP contribution in [-0.2, 0) is 0 Å². The number of Topliss-reactive ketones (excluding diaryl/α,β-unsaturated/α-hetero) is 1. The summed E-state index contributed by atoms with van der Waals surface area (Å²) in [5.41, 5.74) is 0.435. The molecule has 0 atom stereocenters. The molecule has 0 aliphatic rings. The molecule has 0 amide bonds. The van der Waals surface area contributed by atoms with Gasteiger partial charge in [0.15, 0.2) is 5.78 Å². The van der Waals surface area contributed by atoms with E-state index in [1.54, 1.807) is 19.1 Å². The molecule has 1 nitrogen and oxygen atoms in total. The number of hydrogen-bond acceptors (Lipinski definition) is 1. The van der Waals surface area contributed by atoms with Crippen LogP contribution in [0, 0.1) is 5.82 Å². The number of carbonyl (C=O) groups is 1. The van der Waals surface area contributed by atoms with Crippen molar-refractivity contribution in [3.05, 3.63) is 47.8 Å². The van der Waals surface area contributed by atoms with Gasteiger partial charge in [0, 0.05) is 0 Å². The maximum atomic E-state index is 12.9. The molecule has 0 saturated carbocycles. The van der Waals surface area contributed by atoms with Crippen LogP contribution in [0.3, 0.4) is 0 Å². The molecule has 1 aromatic carbocycles. The smallest absolute Gasteiger partial charge is 0.191 e. The van der Waals surface area contributed by atoms with Crippen LogP contribution in [0.25, 0.3) is 0 Å². The lowest BCUT2D eigenvalue weighted by Crippen LogP contribution is -2.02. The zero-order chi connectivity index (χ0) is 9.14. The lowest BCUT2D eigenvalue weighted by atomic mass is 10.1. The number of carbonyl (C=O) groups excluding carboxylic acids is 1. The topological polar surface area (TPSA) is 17.1 Å². The van der Waals surface area contributed by atoms with Gasteiger partial charge in [-0.1, -0.05) is 18.7 Å². The predicted octanol–water partition coefficient (Wildman–Crippen LogP) is 2.58. The van der Waals surface area contributed by atoms with Crippen LogP contribution in [0.5, 0.6) is 0 Å². The molecule has 0 fully saturated rings. The molecule has 1 rings (SSSR count). The Bertz CT molecular complexity index is 328. The fourth-order valence-electron chi connectivity index (χ4n) is 0.875. The number of allylic oxidation sites excluding steroid dienone is 1. The summed E-state index contributed by atoms with van der Waals surface area (Å²) in [4.78, 5) is 11.2. The lowest BCUT2D eigenvalue weighted by Gasteiger charge is -1.99. The van der Waals surface area contributed by atoms with Crippen molar-refractivity contribution in [1.82, 2.24) is 0 Å². The van der Waals surface area contributed by atoms with Crippen molar-refractivity contribution in [3.8, 4) is 0 Å². The van der Waals surface area contributed by atoms with Crippen molar-refractivity contribution < 1.29 is 9.18 Å². The van der Waals surface area contributed by atoms with Crippen molar-refractivity contribution in [1.29, 1.82) is 0 Å². The van der Waals surface area contributed by atoms with Crippen LogP contribution in [-0.4, -0.2) is 5.78 Å². The highest BCUT2D eigenvalue weighted by Crippen LogP contribution is 2.10. The Balaban J connectivity index is 3.11. The van der Waals surface area contributed by atoms with Gasteiger partial charge in [0.25, 0.3) is 0 Å². The van der Waals surface area contributed by atoms with E-state index in [1.807, 2.05) is 0 Å². The van der Waals surface area contributed by atoms with Crippen LogP contribution < -0.4 is 0 Å². The van der Waals surface area contributed by atoms with E-state index in [9.17, 15) is 9.18 Å². The molecule has 0 aromatic heterocycles. The van der Waals surface area contributed by atoms with Crippen LogP contribution in [0.15, 0.2) is 36.4 Å². The van der Waals surface area contributed by atoms with Gasteiger partial charge in [-0.25, -0.2) is 4.39 Å². The van der Waals surface area contributed by atoms with Gasteiger partial charge in [-0.2, -0.15) is 0 Å². The molecule has 0 unspecified atom stereocenters. The molecule has 62 valence electrons. The monoisotopic (exact) mass is 164 g/mol. The highest BCUT2D eigenvalue weighted by atomic mass is 19.1. The van der Waals surface area contributed by atoms with Crippen molar-refractivity contribution in [3.63, 3.8) is 0 Å². The molecule has 0 radical (unpaired) electrons. The summed E-state index contributed by atoms with van der Waals surface area (Å²) >= 11 is 0. The Labute approximate surface area is 70.5 Å². The molecule has 0 saturated heterocycles. The van der Waals surface area contributed by atoms with Crippen molar-refractivity contribution in [2.45, 2.75) is 6.92 Å². The standard InChI is InChI=1S/C10H9FO/c1-7(2)10(12)8-5-3-4-6-9(8)11/h3-6H,1H2,2H3. The normalized spacial score (nSPS) is 9.50. The summed E-state index contributed by atoms with van der Waals surface area (Å²) in [6, 6.07) is 5.88. The number of halogens is 1. The minimum atomic E-state index is -0.495. The SMILES string of the molecule is C=C(C)C(=O)c1ccccc1F. The van der Waals surface area contributed by atoms with Gasteiger partial charge in [0.1, 0.15) is 5.82 Å². The summed E-state index contributed by atoms with van der Waals surface area (Å²) in [6.45, 7) is 5.02. The lowest BCUT2D eigenvalue weighted by molar-refractivity contribution is 0.103. The van der Waals surface area contributed by atoms with Crippen molar-refractivity contribution >= 4 is 5.78 Å². The predicted molar refractivity (Wildman–Crippen MR) is 45.5 cm³/mol. The molecule has 0 bridgehead atoms. The molecular formula is C10H9FO. The van der Waals surface area contributed by atoms with E-state index in [1.165, 1.54) is 12.1 Å². The summed E-state index contributed by atoms with van der Waals surface area (Å²) in [5.74, 6) is -0.835. The molecule has 0 spiro atoms. The molecule has 2 heteroatoms. The zero-order valence-electron chi connectivity index (χ0n) is 6.80. The van der Waals surface area contributed by atoms with E-state index in [2.05, 4.69) is 6.58 Å². The third kappa shape index (κ3) is 1.59. The molecular weight excluding hydrogens is 155 g/mol. The van der Waals surface area contributed by atoms with Gasteiger partial charge in [0.2, 0.25) is 0 Å². The maximum absolute atomic E-state index is 12.9. The summed E-state index contributed by atoms with van der Waals surface area (Å²) < 4.78 is 12.9. The van der Waals surface area contributed by atoms with Gasteiger partial charge in [-0.3, -0.25) is 4.79 Å². The van der Waals surface area contributed by atoms with E-state index < -0.39 is 5.82 Å². The highest BCUT2D eigenvalue weighted by Gasteiger charge is 2.10. The minimum Gasteiger partial charge on any atom is -0.289 e. The molecule has 0 heterocycles. The first-order valence-corrected chi connectivity index (χ1v) is 3.57. The Morgan fingerprint density at radius 2 is 2.00 bits per heavy atom. The Morgan fingerprint density at radius 3 is 2.50 bits per heavy atom. The van der Waals surface area contributed by atoms with Gasteiger partial charge in [0.05, 0.1) is 5.56 Å². The van der Waals surface area contributed by atoms with Crippen molar-refractivity contribution in [2.75, 3.05) is 0 Å². The van der Waals surface area contributed by atoms with Crippen molar-refractivity contribution in [2.24, 2.45) is 0 Å². The first kappa shape index (κ1) is 8.65. The summed E-state index contributed by atoms with van der Waals surface area (Å²) in [5, 5.41) is 0. The first-order chi connectivity index (χ1) is 5.63. The molecule has 0 aliphatic carbocycles.